The van der Waals surface area contributed by atoms with Crippen molar-refractivity contribution in [2.75, 3.05) is 50.5 Å². The highest BCUT2D eigenvalue weighted by atomic mass is 19.1. The van der Waals surface area contributed by atoms with Crippen LogP contribution in [0.5, 0.6) is 0 Å². The van der Waals surface area contributed by atoms with Crippen molar-refractivity contribution in [2.24, 2.45) is 0 Å². The number of anilines is 2. The van der Waals surface area contributed by atoms with Crippen molar-refractivity contribution < 1.29 is 18.7 Å². The SMILES string of the molecule is COC[C@@H](F)CN(CCCCc1ccc2c(n1)NCCC2)CC[C@H](Nc1cnc(-c2ccccc2)cn1)C(=O)OC(C)(C)C. The second-order valence-electron chi connectivity index (χ2n) is 12.3. The number of carbonyl (C=O) groups is 1. The fourth-order valence-corrected chi connectivity index (χ4v) is 5.23. The third-order valence-electron chi connectivity index (χ3n) is 7.38. The number of halogens is 1. The molecule has 1 aromatic carbocycles. The number of rotatable bonds is 16. The molecule has 44 heavy (non-hydrogen) atoms. The summed E-state index contributed by atoms with van der Waals surface area (Å²) in [5, 5.41) is 6.62. The number of esters is 1. The van der Waals surface area contributed by atoms with Gasteiger partial charge in [-0.25, -0.2) is 19.2 Å². The average Bonchev–Trinajstić information content (AvgIpc) is 3.01. The number of alkyl halides is 1. The lowest BCUT2D eigenvalue weighted by Gasteiger charge is -2.28. The number of aryl methyl sites for hydroxylation is 2. The topological polar surface area (TPSA) is 102 Å². The number of hydrogen-bond donors (Lipinski definition) is 2. The highest BCUT2D eigenvalue weighted by molar-refractivity contribution is 5.79. The zero-order valence-corrected chi connectivity index (χ0v) is 26.5. The number of carbonyl (C=O) groups excluding carboxylic acids is 1. The van der Waals surface area contributed by atoms with Crippen LogP contribution < -0.4 is 10.6 Å². The highest BCUT2D eigenvalue weighted by Crippen LogP contribution is 2.21. The standard InChI is InChI=1S/C34H47FN6O3/c1-34(2,3)44-33(42)29(40-31-22-37-30(21-38-31)25-11-6-5-7-12-25)17-20-41(23-27(35)24-43-4)19-9-8-14-28-16-15-26-13-10-18-36-32(26)39-28/h5-7,11-12,15-16,21-22,27,29H,8-10,13-14,17-20,23-24H2,1-4H3,(H,36,39)(H,38,40)/t27-,29-/m0/s1. The molecule has 3 aromatic rings. The van der Waals surface area contributed by atoms with Crippen LogP contribution in [0.4, 0.5) is 16.0 Å². The molecular weight excluding hydrogens is 559 g/mol. The maximum atomic E-state index is 14.7. The Hall–Kier alpha value is -3.63. The predicted octanol–water partition coefficient (Wildman–Crippen LogP) is 5.72. The van der Waals surface area contributed by atoms with Crippen molar-refractivity contribution in [1.29, 1.82) is 0 Å². The van der Waals surface area contributed by atoms with Gasteiger partial charge in [0.05, 0.1) is 24.7 Å². The Balaban J connectivity index is 1.37. The Morgan fingerprint density at radius 1 is 1.09 bits per heavy atom. The number of hydrogen-bond acceptors (Lipinski definition) is 9. The van der Waals surface area contributed by atoms with Gasteiger partial charge >= 0.3 is 5.97 Å². The van der Waals surface area contributed by atoms with Crippen LogP contribution in [0.2, 0.25) is 0 Å². The molecule has 4 rings (SSSR count). The summed E-state index contributed by atoms with van der Waals surface area (Å²) >= 11 is 0. The minimum atomic E-state index is -1.13. The van der Waals surface area contributed by atoms with Crippen molar-refractivity contribution >= 4 is 17.6 Å². The van der Waals surface area contributed by atoms with Gasteiger partial charge in [0.2, 0.25) is 0 Å². The second-order valence-corrected chi connectivity index (χ2v) is 12.3. The van der Waals surface area contributed by atoms with E-state index in [1.54, 1.807) is 12.4 Å². The molecule has 10 heteroatoms. The summed E-state index contributed by atoms with van der Waals surface area (Å²) < 4.78 is 25.5. The Labute approximate surface area is 261 Å². The van der Waals surface area contributed by atoms with Crippen LogP contribution in [-0.4, -0.2) is 83.5 Å². The van der Waals surface area contributed by atoms with Crippen molar-refractivity contribution in [3.63, 3.8) is 0 Å². The summed E-state index contributed by atoms with van der Waals surface area (Å²) in [6.07, 6.45) is 7.47. The number of fused-ring (bicyclic) bond motifs is 1. The molecule has 0 unspecified atom stereocenters. The lowest BCUT2D eigenvalue weighted by Crippen LogP contribution is -2.41. The fourth-order valence-electron chi connectivity index (χ4n) is 5.23. The Morgan fingerprint density at radius 3 is 2.64 bits per heavy atom. The van der Waals surface area contributed by atoms with Gasteiger partial charge in [0.15, 0.2) is 0 Å². The van der Waals surface area contributed by atoms with E-state index in [0.29, 0.717) is 25.3 Å². The minimum absolute atomic E-state index is 0.0274. The number of pyridine rings is 1. The van der Waals surface area contributed by atoms with E-state index < -0.39 is 17.8 Å². The van der Waals surface area contributed by atoms with E-state index in [9.17, 15) is 9.18 Å². The molecule has 9 nitrogen and oxygen atoms in total. The van der Waals surface area contributed by atoms with Crippen LogP contribution in [0.1, 0.15) is 57.7 Å². The van der Waals surface area contributed by atoms with Gasteiger partial charge in [0.25, 0.3) is 0 Å². The molecule has 0 aliphatic carbocycles. The van der Waals surface area contributed by atoms with Gasteiger partial charge in [-0.1, -0.05) is 36.4 Å². The summed E-state index contributed by atoms with van der Waals surface area (Å²) in [5.41, 5.74) is 3.40. The molecule has 1 aliphatic heterocycles. The van der Waals surface area contributed by atoms with E-state index in [1.807, 2.05) is 51.1 Å². The first-order chi connectivity index (χ1) is 21.2. The molecule has 0 amide bonds. The Bertz CT molecular complexity index is 1300. The minimum Gasteiger partial charge on any atom is -0.458 e. The van der Waals surface area contributed by atoms with Crippen molar-refractivity contribution in [3.8, 4) is 11.3 Å². The number of nitrogens with one attached hydrogen (secondary N) is 2. The zero-order chi connectivity index (χ0) is 31.4. The molecular formula is C34H47FN6O3. The van der Waals surface area contributed by atoms with Crippen molar-refractivity contribution in [3.05, 3.63) is 66.1 Å². The number of ether oxygens (including phenoxy) is 2. The number of methoxy groups -OCH3 is 1. The van der Waals surface area contributed by atoms with E-state index >= 15 is 0 Å². The molecule has 0 saturated carbocycles. The smallest absolute Gasteiger partial charge is 0.329 e. The molecule has 0 spiro atoms. The summed E-state index contributed by atoms with van der Waals surface area (Å²) in [5.74, 6) is 1.10. The summed E-state index contributed by atoms with van der Waals surface area (Å²) in [7, 11) is 1.50. The Morgan fingerprint density at radius 2 is 1.91 bits per heavy atom. The predicted molar refractivity (Wildman–Crippen MR) is 173 cm³/mol. The van der Waals surface area contributed by atoms with E-state index in [2.05, 4.69) is 37.6 Å². The van der Waals surface area contributed by atoms with Crippen LogP contribution >= 0.6 is 0 Å². The largest absolute Gasteiger partial charge is 0.458 e. The molecule has 0 bridgehead atoms. The van der Waals surface area contributed by atoms with Gasteiger partial charge in [-0.15, -0.1) is 0 Å². The summed E-state index contributed by atoms with van der Waals surface area (Å²) in [6.45, 7) is 7.94. The van der Waals surface area contributed by atoms with Gasteiger partial charge < -0.3 is 25.0 Å². The van der Waals surface area contributed by atoms with Crippen molar-refractivity contribution in [2.45, 2.75) is 77.1 Å². The van der Waals surface area contributed by atoms with Crippen LogP contribution in [0, 0.1) is 0 Å². The molecule has 1 aliphatic rings. The summed E-state index contributed by atoms with van der Waals surface area (Å²) in [6, 6.07) is 13.4. The fraction of sp³-hybridized carbons (Fsp3) is 0.529. The quantitative estimate of drug-likeness (QED) is 0.157. The summed E-state index contributed by atoms with van der Waals surface area (Å²) in [4.78, 5) is 29.2. The molecule has 0 fully saturated rings. The van der Waals surface area contributed by atoms with Crippen LogP contribution in [0.3, 0.4) is 0 Å². The van der Waals surface area contributed by atoms with E-state index in [1.165, 1.54) is 12.7 Å². The second kappa shape index (κ2) is 16.4. The van der Waals surface area contributed by atoms with E-state index in [0.717, 1.165) is 61.4 Å². The lowest BCUT2D eigenvalue weighted by molar-refractivity contribution is -0.156. The van der Waals surface area contributed by atoms with Crippen LogP contribution in [0.25, 0.3) is 11.3 Å². The number of benzene rings is 1. The maximum Gasteiger partial charge on any atom is 0.329 e. The molecule has 0 radical (unpaired) electrons. The maximum absolute atomic E-state index is 14.7. The van der Waals surface area contributed by atoms with Gasteiger partial charge in [-0.2, -0.15) is 0 Å². The number of nitrogens with zero attached hydrogens (tertiary/aromatic N) is 4. The van der Waals surface area contributed by atoms with Crippen LogP contribution in [0.15, 0.2) is 54.9 Å². The van der Waals surface area contributed by atoms with Crippen LogP contribution in [-0.2, 0) is 27.1 Å². The van der Waals surface area contributed by atoms with Gasteiger partial charge in [-0.3, -0.25) is 4.98 Å². The third-order valence-corrected chi connectivity index (χ3v) is 7.38. The Kier molecular flexibility index (Phi) is 12.4. The highest BCUT2D eigenvalue weighted by Gasteiger charge is 2.27. The number of unbranched alkanes of at least 4 members (excludes halogenated alkanes) is 1. The van der Waals surface area contributed by atoms with E-state index in [-0.39, 0.29) is 19.1 Å². The molecule has 3 heterocycles. The number of aromatic nitrogens is 3. The molecule has 2 N–H and O–H groups in total. The van der Waals surface area contributed by atoms with E-state index in [4.69, 9.17) is 14.5 Å². The van der Waals surface area contributed by atoms with Gasteiger partial charge in [0, 0.05) is 38.0 Å². The average molecular weight is 607 g/mol. The molecule has 2 aromatic heterocycles. The van der Waals surface area contributed by atoms with Gasteiger partial charge in [-0.05, 0) is 77.5 Å². The first-order valence-electron chi connectivity index (χ1n) is 15.6. The van der Waals surface area contributed by atoms with Crippen molar-refractivity contribution in [1.82, 2.24) is 19.9 Å². The monoisotopic (exact) mass is 606 g/mol. The first-order valence-corrected chi connectivity index (χ1v) is 15.6. The van der Waals surface area contributed by atoms with Gasteiger partial charge in [0.1, 0.15) is 29.5 Å². The normalized spacial score (nSPS) is 14.4. The zero-order valence-electron chi connectivity index (χ0n) is 26.5. The molecule has 2 atom stereocenters. The molecule has 238 valence electrons. The third kappa shape index (κ3) is 10.8. The first kappa shape index (κ1) is 33.3. The lowest BCUT2D eigenvalue weighted by atomic mass is 10.1. The molecule has 0 saturated heterocycles.